The molecular weight excluding hydrogens is 264 g/mol. The Morgan fingerprint density at radius 2 is 2.31 bits per heavy atom. The van der Waals surface area contributed by atoms with Crippen molar-refractivity contribution in [3.05, 3.63) is 33.9 Å². The molecule has 0 aliphatic heterocycles. The number of benzene rings is 1. The van der Waals surface area contributed by atoms with Crippen molar-refractivity contribution in [2.24, 2.45) is 0 Å². The Bertz CT molecular complexity index is 530. The van der Waals surface area contributed by atoms with Gasteiger partial charge in [-0.05, 0) is 44.0 Å². The van der Waals surface area contributed by atoms with Crippen molar-refractivity contribution in [1.82, 2.24) is 10.3 Å². The minimum atomic E-state index is 0.495. The van der Waals surface area contributed by atoms with Gasteiger partial charge in [0, 0.05) is 27.1 Å². The summed E-state index contributed by atoms with van der Waals surface area (Å²) in [6.45, 7) is 0. The number of aromatic amines is 1. The molecule has 2 aromatic rings. The molecule has 0 bridgehead atoms. The van der Waals surface area contributed by atoms with E-state index in [1.54, 1.807) is 0 Å². The Hall–Kier alpha value is -0.800. The number of aromatic nitrogens is 1. The zero-order valence-corrected chi connectivity index (χ0v) is 10.9. The van der Waals surface area contributed by atoms with Crippen molar-refractivity contribution in [3.8, 4) is 0 Å². The molecule has 2 N–H and O–H groups in total. The average molecular weight is 279 g/mol. The quantitative estimate of drug-likeness (QED) is 0.821. The van der Waals surface area contributed by atoms with Crippen molar-refractivity contribution in [1.29, 1.82) is 0 Å². The van der Waals surface area contributed by atoms with Crippen LogP contribution in [0.5, 0.6) is 0 Å². The second-order valence-electron chi connectivity index (χ2n) is 4.44. The van der Waals surface area contributed by atoms with Gasteiger partial charge in [0.2, 0.25) is 0 Å². The molecule has 0 saturated carbocycles. The summed E-state index contributed by atoms with van der Waals surface area (Å²) in [6.07, 6.45) is 3.72. The van der Waals surface area contributed by atoms with Crippen molar-refractivity contribution in [3.63, 3.8) is 0 Å². The number of fused-ring (bicyclic) bond motifs is 3. The number of aryl methyl sites for hydroxylation is 1. The summed E-state index contributed by atoms with van der Waals surface area (Å²) < 4.78 is 1.14. The molecule has 1 atom stereocenters. The summed E-state index contributed by atoms with van der Waals surface area (Å²) in [4.78, 5) is 3.57. The summed E-state index contributed by atoms with van der Waals surface area (Å²) in [7, 11) is 2.04. The molecule has 1 aromatic heterocycles. The van der Waals surface area contributed by atoms with Crippen molar-refractivity contribution < 1.29 is 0 Å². The Labute approximate surface area is 104 Å². The second kappa shape index (κ2) is 3.90. The van der Waals surface area contributed by atoms with E-state index in [0.717, 1.165) is 4.47 Å². The van der Waals surface area contributed by atoms with Gasteiger partial charge in [0.1, 0.15) is 0 Å². The zero-order valence-electron chi connectivity index (χ0n) is 9.31. The van der Waals surface area contributed by atoms with Gasteiger partial charge in [-0.25, -0.2) is 0 Å². The predicted molar refractivity (Wildman–Crippen MR) is 70.7 cm³/mol. The van der Waals surface area contributed by atoms with Crippen LogP contribution in [0.3, 0.4) is 0 Å². The van der Waals surface area contributed by atoms with Crippen LogP contribution in [0.4, 0.5) is 0 Å². The zero-order chi connectivity index (χ0) is 11.1. The molecule has 1 unspecified atom stereocenters. The lowest BCUT2D eigenvalue weighted by Gasteiger charge is -2.21. The highest BCUT2D eigenvalue weighted by molar-refractivity contribution is 9.10. The number of rotatable bonds is 1. The molecule has 3 heteroatoms. The number of halogens is 1. The van der Waals surface area contributed by atoms with E-state index in [2.05, 4.69) is 44.4 Å². The van der Waals surface area contributed by atoms with Gasteiger partial charge in [-0.2, -0.15) is 0 Å². The Kier molecular flexibility index (Phi) is 2.52. The Morgan fingerprint density at radius 1 is 1.44 bits per heavy atom. The van der Waals surface area contributed by atoms with E-state index in [1.165, 1.54) is 41.4 Å². The van der Waals surface area contributed by atoms with Gasteiger partial charge in [-0.15, -0.1) is 0 Å². The number of hydrogen-bond donors (Lipinski definition) is 2. The summed E-state index contributed by atoms with van der Waals surface area (Å²) >= 11 is 3.52. The number of H-pyrrole nitrogens is 1. The summed E-state index contributed by atoms with van der Waals surface area (Å²) in [5, 5.41) is 4.78. The minimum absolute atomic E-state index is 0.495. The Morgan fingerprint density at radius 3 is 3.12 bits per heavy atom. The molecule has 1 aliphatic rings. The maximum Gasteiger partial charge on any atom is 0.0473 e. The topological polar surface area (TPSA) is 27.8 Å². The molecule has 0 fully saturated rings. The monoisotopic (exact) mass is 278 g/mol. The lowest BCUT2D eigenvalue weighted by atomic mass is 9.92. The molecule has 16 heavy (non-hydrogen) atoms. The predicted octanol–water partition coefficient (Wildman–Crippen LogP) is 3.53. The molecule has 1 aromatic carbocycles. The van der Waals surface area contributed by atoms with Crippen molar-refractivity contribution >= 4 is 26.8 Å². The largest absolute Gasteiger partial charge is 0.357 e. The van der Waals surface area contributed by atoms with Crippen molar-refractivity contribution in [2.75, 3.05) is 7.05 Å². The van der Waals surface area contributed by atoms with E-state index in [1.807, 2.05) is 7.05 Å². The molecule has 1 aliphatic carbocycles. The Balaban J connectivity index is 2.24. The average Bonchev–Trinajstić information content (AvgIpc) is 2.65. The van der Waals surface area contributed by atoms with Crippen LogP contribution >= 0.6 is 15.9 Å². The first-order chi connectivity index (χ1) is 7.79. The fourth-order valence-corrected chi connectivity index (χ4v) is 3.09. The van der Waals surface area contributed by atoms with Crippen LogP contribution in [0.1, 0.15) is 30.1 Å². The molecule has 2 nitrogen and oxygen atoms in total. The summed E-state index contributed by atoms with van der Waals surface area (Å²) in [5.74, 6) is 0. The number of hydrogen-bond acceptors (Lipinski definition) is 1. The van der Waals surface area contributed by atoms with Crippen LogP contribution < -0.4 is 5.32 Å². The number of nitrogens with one attached hydrogen (secondary N) is 2. The van der Waals surface area contributed by atoms with Gasteiger partial charge in [0.15, 0.2) is 0 Å². The first-order valence-corrected chi connectivity index (χ1v) is 6.56. The summed E-state index contributed by atoms with van der Waals surface area (Å²) in [5.41, 5.74) is 4.15. The first kappa shape index (κ1) is 10.4. The van der Waals surface area contributed by atoms with Crippen LogP contribution in [-0.4, -0.2) is 12.0 Å². The van der Waals surface area contributed by atoms with Gasteiger partial charge in [-0.1, -0.05) is 22.0 Å². The maximum atomic E-state index is 3.57. The van der Waals surface area contributed by atoms with Gasteiger partial charge in [0.05, 0.1) is 0 Å². The third kappa shape index (κ3) is 1.50. The third-order valence-corrected chi connectivity index (χ3v) is 4.01. The highest BCUT2D eigenvalue weighted by Crippen LogP contribution is 2.35. The van der Waals surface area contributed by atoms with E-state index in [9.17, 15) is 0 Å². The minimum Gasteiger partial charge on any atom is -0.357 e. The molecule has 84 valence electrons. The van der Waals surface area contributed by atoms with E-state index < -0.39 is 0 Å². The van der Waals surface area contributed by atoms with Gasteiger partial charge in [0.25, 0.3) is 0 Å². The standard InChI is InChI=1S/C13H15BrN2/c1-15-11-4-2-3-10-9-6-5-8(14)7-12(9)16-13(10)11/h5-7,11,15-16H,2-4H2,1H3. The van der Waals surface area contributed by atoms with Gasteiger partial charge < -0.3 is 10.3 Å². The molecule has 0 amide bonds. The normalized spacial score (nSPS) is 20.0. The first-order valence-electron chi connectivity index (χ1n) is 5.77. The van der Waals surface area contributed by atoms with E-state index in [4.69, 9.17) is 0 Å². The smallest absolute Gasteiger partial charge is 0.0473 e. The molecule has 0 radical (unpaired) electrons. The second-order valence-corrected chi connectivity index (χ2v) is 5.36. The molecular formula is C13H15BrN2. The van der Waals surface area contributed by atoms with E-state index in [0.29, 0.717) is 6.04 Å². The van der Waals surface area contributed by atoms with Crippen LogP contribution in [0, 0.1) is 0 Å². The third-order valence-electron chi connectivity index (χ3n) is 3.52. The van der Waals surface area contributed by atoms with Gasteiger partial charge >= 0.3 is 0 Å². The van der Waals surface area contributed by atoms with E-state index in [-0.39, 0.29) is 0 Å². The molecule has 0 saturated heterocycles. The SMILES string of the molecule is CNC1CCCc2c1[nH]c1cc(Br)ccc21. The van der Waals surface area contributed by atoms with Crippen LogP contribution in [0.2, 0.25) is 0 Å². The lowest BCUT2D eigenvalue weighted by molar-refractivity contribution is 0.489. The van der Waals surface area contributed by atoms with Crippen LogP contribution in [-0.2, 0) is 6.42 Å². The maximum absolute atomic E-state index is 3.57. The molecule has 1 heterocycles. The van der Waals surface area contributed by atoms with Crippen molar-refractivity contribution in [2.45, 2.75) is 25.3 Å². The summed E-state index contributed by atoms with van der Waals surface area (Å²) in [6, 6.07) is 7.00. The van der Waals surface area contributed by atoms with Crippen LogP contribution in [0.15, 0.2) is 22.7 Å². The van der Waals surface area contributed by atoms with Gasteiger partial charge in [-0.3, -0.25) is 0 Å². The molecule has 0 spiro atoms. The highest BCUT2D eigenvalue weighted by Gasteiger charge is 2.22. The van der Waals surface area contributed by atoms with Crippen LogP contribution in [0.25, 0.3) is 10.9 Å². The lowest BCUT2D eigenvalue weighted by Crippen LogP contribution is -2.21. The fraction of sp³-hybridized carbons (Fsp3) is 0.385. The van der Waals surface area contributed by atoms with E-state index >= 15 is 0 Å². The highest BCUT2D eigenvalue weighted by atomic mass is 79.9. The molecule has 3 rings (SSSR count). The fourth-order valence-electron chi connectivity index (χ4n) is 2.73.